The van der Waals surface area contributed by atoms with Crippen LogP contribution in [0.2, 0.25) is 0 Å². The first-order valence-corrected chi connectivity index (χ1v) is 10.1. The third-order valence-electron chi connectivity index (χ3n) is 3.90. The molecule has 0 saturated heterocycles. The van der Waals surface area contributed by atoms with Crippen LogP contribution in [0.1, 0.15) is 26.3 Å². The molecule has 0 saturated carbocycles. The summed E-state index contributed by atoms with van der Waals surface area (Å²) in [6.07, 6.45) is -0.378. The number of nitrogens with zero attached hydrogens (tertiary/aromatic N) is 1. The molecule has 0 bridgehead atoms. The number of hydrogen-bond donors (Lipinski definition) is 1. The average Bonchev–Trinajstić information content (AvgIpc) is 2.64. The Labute approximate surface area is 175 Å². The summed E-state index contributed by atoms with van der Waals surface area (Å²) in [5.74, 6) is 0. The fraction of sp³-hybridized carbons (Fsp3) is 0.409. The van der Waals surface area contributed by atoms with Crippen LogP contribution < -0.4 is 0 Å². The highest BCUT2D eigenvalue weighted by atomic mass is 79.9. The normalized spacial score (nSPS) is 11.3. The van der Waals surface area contributed by atoms with E-state index in [2.05, 4.69) is 28.1 Å². The maximum absolute atomic E-state index is 12.5. The van der Waals surface area contributed by atoms with Crippen LogP contribution in [0, 0.1) is 0 Å². The van der Waals surface area contributed by atoms with Gasteiger partial charge >= 0.3 is 6.09 Å². The van der Waals surface area contributed by atoms with E-state index >= 15 is 0 Å². The summed E-state index contributed by atoms with van der Waals surface area (Å²) < 4.78 is 11.9. The van der Waals surface area contributed by atoms with Crippen LogP contribution in [-0.2, 0) is 16.0 Å². The van der Waals surface area contributed by atoms with E-state index in [9.17, 15) is 4.79 Å². The van der Waals surface area contributed by atoms with Crippen molar-refractivity contribution in [1.82, 2.24) is 4.90 Å². The zero-order valence-electron chi connectivity index (χ0n) is 16.7. The zero-order chi connectivity index (χ0) is 20.6. The number of benzene rings is 2. The molecule has 1 amide bonds. The molecule has 0 aliphatic heterocycles. The van der Waals surface area contributed by atoms with Gasteiger partial charge in [0.2, 0.25) is 0 Å². The van der Waals surface area contributed by atoms with E-state index in [4.69, 9.17) is 14.6 Å². The number of carbonyl (C=O) groups excluding carboxylic acids is 1. The van der Waals surface area contributed by atoms with Crippen LogP contribution in [0.25, 0.3) is 11.1 Å². The minimum absolute atomic E-state index is 0.0377. The van der Waals surface area contributed by atoms with E-state index in [1.54, 1.807) is 4.90 Å². The molecule has 2 aromatic carbocycles. The minimum atomic E-state index is -0.563. The molecule has 0 radical (unpaired) electrons. The standard InChI is InChI=1S/C22H28BrNO4/c1-22(2,3)28-21(26)24(12-14-27-15-13-25)16-17-4-6-18(7-5-17)19-8-10-20(23)11-9-19/h4-11,25H,12-16H2,1-3H3. The summed E-state index contributed by atoms with van der Waals surface area (Å²) >= 11 is 3.45. The molecular weight excluding hydrogens is 422 g/mol. The van der Waals surface area contributed by atoms with E-state index in [0.29, 0.717) is 19.7 Å². The zero-order valence-corrected chi connectivity index (χ0v) is 18.2. The van der Waals surface area contributed by atoms with Gasteiger partial charge in [0.15, 0.2) is 0 Å². The largest absolute Gasteiger partial charge is 0.444 e. The van der Waals surface area contributed by atoms with Crippen LogP contribution in [-0.4, -0.2) is 48.1 Å². The fourth-order valence-corrected chi connectivity index (χ4v) is 2.83. The van der Waals surface area contributed by atoms with Crippen LogP contribution in [0.3, 0.4) is 0 Å². The number of carbonyl (C=O) groups is 1. The van der Waals surface area contributed by atoms with Gasteiger partial charge in [0.05, 0.1) is 19.8 Å². The molecule has 152 valence electrons. The molecule has 0 atom stereocenters. The van der Waals surface area contributed by atoms with Crippen LogP contribution in [0.4, 0.5) is 4.79 Å². The lowest BCUT2D eigenvalue weighted by Crippen LogP contribution is -2.38. The van der Waals surface area contributed by atoms with E-state index < -0.39 is 5.60 Å². The first-order chi connectivity index (χ1) is 13.3. The smallest absolute Gasteiger partial charge is 0.410 e. The molecule has 0 unspecified atom stereocenters. The topological polar surface area (TPSA) is 59.0 Å². The van der Waals surface area contributed by atoms with Crippen molar-refractivity contribution in [2.75, 3.05) is 26.4 Å². The molecule has 2 rings (SSSR count). The van der Waals surface area contributed by atoms with Crippen molar-refractivity contribution in [2.45, 2.75) is 32.9 Å². The highest BCUT2D eigenvalue weighted by molar-refractivity contribution is 9.10. The van der Waals surface area contributed by atoms with Gasteiger partial charge in [0, 0.05) is 17.6 Å². The number of rotatable bonds is 8. The van der Waals surface area contributed by atoms with Crippen molar-refractivity contribution in [3.05, 3.63) is 58.6 Å². The molecule has 6 heteroatoms. The third-order valence-corrected chi connectivity index (χ3v) is 4.43. The van der Waals surface area contributed by atoms with E-state index in [1.807, 2.05) is 57.2 Å². The number of amides is 1. The molecule has 0 fully saturated rings. The van der Waals surface area contributed by atoms with Crippen molar-refractivity contribution in [1.29, 1.82) is 0 Å². The molecule has 0 aliphatic rings. The van der Waals surface area contributed by atoms with Gasteiger partial charge in [-0.25, -0.2) is 4.79 Å². The molecule has 0 heterocycles. The van der Waals surface area contributed by atoms with Crippen LogP contribution in [0.15, 0.2) is 53.0 Å². The number of aliphatic hydroxyl groups excluding tert-OH is 1. The van der Waals surface area contributed by atoms with Gasteiger partial charge in [-0.1, -0.05) is 52.3 Å². The summed E-state index contributed by atoms with van der Waals surface area (Å²) in [5.41, 5.74) is 2.70. The van der Waals surface area contributed by atoms with Gasteiger partial charge in [0.25, 0.3) is 0 Å². The summed E-state index contributed by atoms with van der Waals surface area (Å²) in [7, 11) is 0. The van der Waals surface area contributed by atoms with Crippen molar-refractivity contribution in [2.24, 2.45) is 0 Å². The SMILES string of the molecule is CC(C)(C)OC(=O)N(CCOCCO)Cc1ccc(-c2ccc(Br)cc2)cc1. The monoisotopic (exact) mass is 449 g/mol. The summed E-state index contributed by atoms with van der Waals surface area (Å²) in [5, 5.41) is 8.83. The maximum atomic E-state index is 12.5. The second-order valence-electron chi connectivity index (χ2n) is 7.44. The average molecular weight is 450 g/mol. The van der Waals surface area contributed by atoms with Gasteiger partial charge < -0.3 is 19.5 Å². The first kappa shape index (κ1) is 22.4. The van der Waals surface area contributed by atoms with Crippen molar-refractivity contribution in [3.63, 3.8) is 0 Å². The summed E-state index contributed by atoms with van der Waals surface area (Å²) in [4.78, 5) is 14.2. The molecule has 2 aromatic rings. The predicted octanol–water partition coefficient (Wildman–Crippen LogP) is 4.86. The Morgan fingerprint density at radius 3 is 2.11 bits per heavy atom. The molecule has 0 spiro atoms. The molecule has 1 N–H and O–H groups in total. The molecule has 0 aliphatic carbocycles. The van der Waals surface area contributed by atoms with Crippen LogP contribution in [0.5, 0.6) is 0 Å². The Morgan fingerprint density at radius 2 is 1.57 bits per heavy atom. The van der Waals surface area contributed by atoms with Gasteiger partial charge in [0.1, 0.15) is 5.60 Å². The quantitative estimate of drug-likeness (QED) is 0.584. The fourth-order valence-electron chi connectivity index (χ4n) is 2.57. The van der Waals surface area contributed by atoms with Gasteiger partial charge in [-0.05, 0) is 49.6 Å². The van der Waals surface area contributed by atoms with Crippen molar-refractivity contribution >= 4 is 22.0 Å². The van der Waals surface area contributed by atoms with Crippen LogP contribution >= 0.6 is 15.9 Å². The number of aliphatic hydroxyl groups is 1. The second kappa shape index (κ2) is 10.6. The van der Waals surface area contributed by atoms with E-state index in [-0.39, 0.29) is 19.3 Å². The van der Waals surface area contributed by atoms with Gasteiger partial charge in [-0.15, -0.1) is 0 Å². The number of hydrogen-bond acceptors (Lipinski definition) is 4. The Bertz CT molecular complexity index is 739. The van der Waals surface area contributed by atoms with Crippen molar-refractivity contribution in [3.8, 4) is 11.1 Å². The highest BCUT2D eigenvalue weighted by Crippen LogP contribution is 2.22. The second-order valence-corrected chi connectivity index (χ2v) is 8.36. The Hall–Kier alpha value is -1.89. The molecule has 0 aromatic heterocycles. The third kappa shape index (κ3) is 7.62. The highest BCUT2D eigenvalue weighted by Gasteiger charge is 2.22. The predicted molar refractivity (Wildman–Crippen MR) is 114 cm³/mol. The Kier molecular flexibility index (Phi) is 8.48. The lowest BCUT2D eigenvalue weighted by molar-refractivity contribution is 0.0136. The lowest BCUT2D eigenvalue weighted by Gasteiger charge is -2.27. The molecule has 28 heavy (non-hydrogen) atoms. The Morgan fingerprint density at radius 1 is 1.00 bits per heavy atom. The molecular formula is C22H28BrNO4. The van der Waals surface area contributed by atoms with E-state index in [0.717, 1.165) is 21.2 Å². The number of ether oxygens (including phenoxy) is 2. The minimum Gasteiger partial charge on any atom is -0.444 e. The Balaban J connectivity index is 2.06. The van der Waals surface area contributed by atoms with Gasteiger partial charge in [-0.3, -0.25) is 0 Å². The number of halogens is 1. The van der Waals surface area contributed by atoms with Gasteiger partial charge in [-0.2, -0.15) is 0 Å². The summed E-state index contributed by atoms with van der Waals surface area (Å²) in [6.45, 7) is 6.92. The van der Waals surface area contributed by atoms with Crippen molar-refractivity contribution < 1.29 is 19.4 Å². The molecule has 5 nitrogen and oxygen atoms in total. The first-order valence-electron chi connectivity index (χ1n) is 9.30. The van der Waals surface area contributed by atoms with E-state index in [1.165, 1.54) is 0 Å². The summed E-state index contributed by atoms with van der Waals surface area (Å²) in [6, 6.07) is 16.3. The maximum Gasteiger partial charge on any atom is 0.410 e. The lowest BCUT2D eigenvalue weighted by atomic mass is 10.0.